The van der Waals surface area contributed by atoms with Crippen LogP contribution in [-0.4, -0.2) is 65.9 Å². The van der Waals surface area contributed by atoms with Crippen LogP contribution >= 0.6 is 23.4 Å². The third-order valence-corrected chi connectivity index (χ3v) is 9.54. The number of piperazine rings is 1. The predicted molar refractivity (Wildman–Crippen MR) is 152 cm³/mol. The van der Waals surface area contributed by atoms with Gasteiger partial charge in [-0.3, -0.25) is 9.69 Å². The van der Waals surface area contributed by atoms with Crippen molar-refractivity contribution in [2.75, 3.05) is 39.3 Å². The van der Waals surface area contributed by atoms with Gasteiger partial charge in [0.25, 0.3) is 5.91 Å². The number of amides is 1. The van der Waals surface area contributed by atoms with Gasteiger partial charge in [-0.2, -0.15) is 13.2 Å². The Hall–Kier alpha value is -2.00. The van der Waals surface area contributed by atoms with Gasteiger partial charge in [-0.15, -0.1) is 0 Å². The van der Waals surface area contributed by atoms with Crippen molar-refractivity contribution in [3.8, 4) is 0 Å². The number of carbonyl (C=O) groups excluding carboxylic acids is 1. The summed E-state index contributed by atoms with van der Waals surface area (Å²) in [5.41, 5.74) is 0.578. The molecular formula is C30H35ClF3N3OS. The number of alkyl halides is 3. The summed E-state index contributed by atoms with van der Waals surface area (Å²) in [7, 11) is 0. The normalized spacial score (nSPS) is 23.2. The van der Waals surface area contributed by atoms with Crippen molar-refractivity contribution in [2.45, 2.75) is 56.1 Å². The molecule has 5 rings (SSSR count). The van der Waals surface area contributed by atoms with E-state index in [1.807, 2.05) is 12.1 Å². The van der Waals surface area contributed by atoms with Crippen LogP contribution in [-0.2, 0) is 11.0 Å². The molecule has 1 aliphatic carbocycles. The van der Waals surface area contributed by atoms with Gasteiger partial charge in [0.1, 0.15) is 5.37 Å². The van der Waals surface area contributed by atoms with E-state index in [0.717, 1.165) is 56.8 Å². The van der Waals surface area contributed by atoms with E-state index in [4.69, 9.17) is 11.6 Å². The minimum absolute atomic E-state index is 0.149. The molecular weight excluding hydrogens is 543 g/mol. The fraction of sp³-hybridized carbons (Fsp3) is 0.500. The molecule has 0 spiro atoms. The Morgan fingerprint density at radius 1 is 0.949 bits per heavy atom. The standard InChI is InChI=1S/C30H35ClF3N3OS/c31-25-10-4-7-22(19-25)20-27-28(38)37(29(39-27)23-8-5-9-24(21-23)30(32,33)34)14-6-13-35-15-17-36(18-16-35)26-11-2-1-3-12-26/h4-5,7-10,19-21,26,29H,1-3,6,11-18H2/b27-20-. The van der Waals surface area contributed by atoms with Gasteiger partial charge in [-0.25, -0.2) is 0 Å². The SMILES string of the molecule is O=C1/C(=C/c2cccc(Cl)c2)SC(c2cccc(C(F)(F)F)c2)N1CCCN1CCN(C2CCCCC2)CC1. The van der Waals surface area contributed by atoms with Crippen LogP contribution in [0.3, 0.4) is 0 Å². The first kappa shape index (κ1) is 28.5. The van der Waals surface area contributed by atoms with Crippen LogP contribution in [0.25, 0.3) is 6.08 Å². The molecule has 2 aliphatic heterocycles. The van der Waals surface area contributed by atoms with E-state index in [2.05, 4.69) is 9.80 Å². The Labute approximate surface area is 238 Å². The Balaban J connectivity index is 1.26. The molecule has 1 amide bonds. The molecule has 3 fully saturated rings. The Morgan fingerprint density at radius 2 is 1.69 bits per heavy atom. The molecule has 1 unspecified atom stereocenters. The lowest BCUT2D eigenvalue weighted by Crippen LogP contribution is -2.51. The number of nitrogens with zero attached hydrogens (tertiary/aromatic N) is 3. The zero-order valence-corrected chi connectivity index (χ0v) is 23.6. The maximum Gasteiger partial charge on any atom is 0.416 e. The topological polar surface area (TPSA) is 26.8 Å². The minimum Gasteiger partial charge on any atom is -0.322 e. The molecule has 3 aliphatic rings. The molecule has 39 heavy (non-hydrogen) atoms. The van der Waals surface area contributed by atoms with E-state index in [1.54, 1.807) is 29.2 Å². The molecule has 0 N–H and O–H groups in total. The molecule has 4 nitrogen and oxygen atoms in total. The zero-order chi connectivity index (χ0) is 27.4. The Bertz CT molecular complexity index is 1180. The molecule has 2 saturated heterocycles. The molecule has 9 heteroatoms. The van der Waals surface area contributed by atoms with Crippen molar-refractivity contribution in [3.05, 3.63) is 75.1 Å². The number of carbonyl (C=O) groups is 1. The molecule has 1 saturated carbocycles. The van der Waals surface area contributed by atoms with E-state index in [1.165, 1.54) is 56.0 Å². The maximum atomic E-state index is 13.5. The second-order valence-electron chi connectivity index (χ2n) is 10.7. The van der Waals surface area contributed by atoms with Gasteiger partial charge in [0, 0.05) is 43.8 Å². The van der Waals surface area contributed by atoms with Gasteiger partial charge >= 0.3 is 6.18 Å². The molecule has 2 aromatic rings. The number of halogens is 4. The van der Waals surface area contributed by atoms with Crippen LogP contribution in [0, 0.1) is 0 Å². The first-order valence-corrected chi connectivity index (χ1v) is 15.1. The Kier molecular flexibility index (Phi) is 9.27. The Morgan fingerprint density at radius 3 is 2.41 bits per heavy atom. The van der Waals surface area contributed by atoms with Gasteiger partial charge in [0.2, 0.25) is 0 Å². The van der Waals surface area contributed by atoms with Crippen LogP contribution in [0.15, 0.2) is 53.4 Å². The van der Waals surface area contributed by atoms with Crippen molar-refractivity contribution in [1.82, 2.24) is 14.7 Å². The van der Waals surface area contributed by atoms with E-state index in [0.29, 0.717) is 22.0 Å². The third-order valence-electron chi connectivity index (χ3n) is 8.01. The van der Waals surface area contributed by atoms with Crippen molar-refractivity contribution < 1.29 is 18.0 Å². The summed E-state index contributed by atoms with van der Waals surface area (Å²) in [5.74, 6) is -0.149. The smallest absolute Gasteiger partial charge is 0.322 e. The molecule has 0 radical (unpaired) electrons. The zero-order valence-electron chi connectivity index (χ0n) is 22.0. The molecule has 0 bridgehead atoms. The van der Waals surface area contributed by atoms with Crippen molar-refractivity contribution in [1.29, 1.82) is 0 Å². The molecule has 2 aromatic carbocycles. The van der Waals surface area contributed by atoms with Gasteiger partial charge in [-0.1, -0.05) is 66.9 Å². The molecule has 1 atom stereocenters. The van der Waals surface area contributed by atoms with E-state index in [9.17, 15) is 18.0 Å². The first-order valence-electron chi connectivity index (χ1n) is 13.9. The summed E-state index contributed by atoms with van der Waals surface area (Å²) in [5, 5.41) is 0.0584. The summed E-state index contributed by atoms with van der Waals surface area (Å²) in [6.07, 6.45) is 4.79. The summed E-state index contributed by atoms with van der Waals surface area (Å²) in [4.78, 5) is 20.9. The highest BCUT2D eigenvalue weighted by molar-refractivity contribution is 8.04. The van der Waals surface area contributed by atoms with Crippen molar-refractivity contribution in [2.24, 2.45) is 0 Å². The summed E-state index contributed by atoms with van der Waals surface area (Å²) in [6, 6.07) is 13.3. The van der Waals surface area contributed by atoms with E-state index < -0.39 is 17.1 Å². The number of benzene rings is 2. The highest BCUT2D eigenvalue weighted by atomic mass is 35.5. The fourth-order valence-electron chi connectivity index (χ4n) is 5.92. The van der Waals surface area contributed by atoms with Crippen LogP contribution in [0.1, 0.15) is 60.6 Å². The van der Waals surface area contributed by atoms with Crippen LogP contribution in [0.4, 0.5) is 13.2 Å². The predicted octanol–water partition coefficient (Wildman–Crippen LogP) is 7.31. The highest BCUT2D eigenvalue weighted by Gasteiger charge is 2.38. The summed E-state index contributed by atoms with van der Waals surface area (Å²) < 4.78 is 40.4. The fourth-order valence-corrected chi connectivity index (χ4v) is 7.40. The van der Waals surface area contributed by atoms with Crippen molar-refractivity contribution >= 4 is 35.3 Å². The quantitative estimate of drug-likeness (QED) is 0.322. The van der Waals surface area contributed by atoms with Crippen LogP contribution in [0.2, 0.25) is 5.02 Å². The summed E-state index contributed by atoms with van der Waals surface area (Å²) in [6.45, 7) is 5.58. The average molecular weight is 578 g/mol. The van der Waals surface area contributed by atoms with Gasteiger partial charge < -0.3 is 9.80 Å². The van der Waals surface area contributed by atoms with E-state index >= 15 is 0 Å². The number of thioether (sulfide) groups is 1. The minimum atomic E-state index is -4.44. The largest absolute Gasteiger partial charge is 0.416 e. The highest BCUT2D eigenvalue weighted by Crippen LogP contribution is 2.47. The lowest BCUT2D eigenvalue weighted by atomic mass is 9.94. The lowest BCUT2D eigenvalue weighted by Gasteiger charge is -2.41. The van der Waals surface area contributed by atoms with Crippen LogP contribution in [0.5, 0.6) is 0 Å². The van der Waals surface area contributed by atoms with Gasteiger partial charge in [0.15, 0.2) is 0 Å². The van der Waals surface area contributed by atoms with E-state index in [-0.39, 0.29) is 5.91 Å². The second kappa shape index (κ2) is 12.7. The van der Waals surface area contributed by atoms with Crippen molar-refractivity contribution in [3.63, 3.8) is 0 Å². The molecule has 0 aromatic heterocycles. The summed E-state index contributed by atoms with van der Waals surface area (Å²) >= 11 is 7.44. The average Bonchev–Trinajstić information content (AvgIpc) is 3.24. The lowest BCUT2D eigenvalue weighted by molar-refractivity contribution is -0.137. The molecule has 2 heterocycles. The third kappa shape index (κ3) is 7.20. The molecule has 210 valence electrons. The maximum absolute atomic E-state index is 13.5. The first-order chi connectivity index (χ1) is 18.8. The number of rotatable bonds is 7. The number of hydrogen-bond acceptors (Lipinski definition) is 4. The monoisotopic (exact) mass is 577 g/mol. The van der Waals surface area contributed by atoms with Gasteiger partial charge in [0.05, 0.1) is 10.5 Å². The second-order valence-corrected chi connectivity index (χ2v) is 12.2. The van der Waals surface area contributed by atoms with Crippen LogP contribution < -0.4 is 0 Å². The number of hydrogen-bond donors (Lipinski definition) is 0. The van der Waals surface area contributed by atoms with Gasteiger partial charge in [-0.05, 0) is 67.3 Å².